The van der Waals surface area contributed by atoms with Crippen molar-refractivity contribution in [3.05, 3.63) is 59.4 Å². The number of amides is 1. The zero-order chi connectivity index (χ0) is 15.2. The number of pyridine rings is 1. The van der Waals surface area contributed by atoms with Crippen molar-refractivity contribution < 1.29 is 14.7 Å². The zero-order valence-corrected chi connectivity index (χ0v) is 11.2. The van der Waals surface area contributed by atoms with E-state index in [0.717, 1.165) is 11.1 Å². The summed E-state index contributed by atoms with van der Waals surface area (Å²) in [6, 6.07) is 10.2. The number of carboxylic acids is 1. The normalized spacial score (nSPS) is 10.1. The van der Waals surface area contributed by atoms with Gasteiger partial charge in [0.25, 0.3) is 0 Å². The van der Waals surface area contributed by atoms with Crippen LogP contribution in [-0.2, 0) is 17.8 Å². The maximum absolute atomic E-state index is 11.8. The molecule has 1 amide bonds. The summed E-state index contributed by atoms with van der Waals surface area (Å²) >= 11 is 0. The molecule has 0 aliphatic heterocycles. The number of hydrogen-bond acceptors (Lipinski definition) is 4. The lowest BCUT2D eigenvalue weighted by Gasteiger charge is -2.06. The highest BCUT2D eigenvalue weighted by atomic mass is 16.4. The molecule has 108 valence electrons. The van der Waals surface area contributed by atoms with E-state index in [9.17, 15) is 9.59 Å². The molecule has 0 radical (unpaired) electrons. The van der Waals surface area contributed by atoms with E-state index < -0.39 is 5.97 Å². The maximum Gasteiger partial charge on any atom is 0.354 e. The molecule has 0 bridgehead atoms. The van der Waals surface area contributed by atoms with E-state index in [1.807, 2.05) is 6.07 Å². The lowest BCUT2D eigenvalue weighted by molar-refractivity contribution is -0.120. The minimum absolute atomic E-state index is 0.0233. The smallest absolute Gasteiger partial charge is 0.354 e. The molecule has 0 aliphatic rings. The van der Waals surface area contributed by atoms with Crippen molar-refractivity contribution in [2.24, 2.45) is 0 Å². The molecule has 21 heavy (non-hydrogen) atoms. The van der Waals surface area contributed by atoms with Crippen LogP contribution in [0, 0.1) is 0 Å². The first-order valence-corrected chi connectivity index (χ1v) is 6.34. The van der Waals surface area contributed by atoms with Crippen LogP contribution in [0.2, 0.25) is 0 Å². The van der Waals surface area contributed by atoms with Crippen LogP contribution >= 0.6 is 0 Å². The third-order valence-corrected chi connectivity index (χ3v) is 2.85. The molecule has 1 aromatic carbocycles. The van der Waals surface area contributed by atoms with Crippen LogP contribution < -0.4 is 11.1 Å². The van der Waals surface area contributed by atoms with Crippen LogP contribution in [0.3, 0.4) is 0 Å². The Bertz CT molecular complexity index is 653. The summed E-state index contributed by atoms with van der Waals surface area (Å²) in [7, 11) is 0. The topological polar surface area (TPSA) is 105 Å². The summed E-state index contributed by atoms with van der Waals surface area (Å²) < 4.78 is 0. The maximum atomic E-state index is 11.8. The number of aromatic nitrogens is 1. The molecule has 6 heteroatoms. The summed E-state index contributed by atoms with van der Waals surface area (Å²) in [6.45, 7) is 0.300. The molecular weight excluding hydrogens is 270 g/mol. The summed E-state index contributed by atoms with van der Waals surface area (Å²) in [6.07, 6.45) is 1.68. The van der Waals surface area contributed by atoms with E-state index in [0.29, 0.717) is 12.2 Å². The Kier molecular flexibility index (Phi) is 4.50. The van der Waals surface area contributed by atoms with Gasteiger partial charge in [-0.1, -0.05) is 18.2 Å². The Balaban J connectivity index is 1.87. The first-order valence-electron chi connectivity index (χ1n) is 6.34. The molecule has 0 saturated carbocycles. The molecule has 1 aromatic heterocycles. The van der Waals surface area contributed by atoms with E-state index in [1.54, 1.807) is 24.3 Å². The molecule has 6 nitrogen and oxygen atoms in total. The van der Waals surface area contributed by atoms with Gasteiger partial charge >= 0.3 is 5.97 Å². The third-order valence-electron chi connectivity index (χ3n) is 2.85. The average Bonchev–Trinajstić information content (AvgIpc) is 2.45. The van der Waals surface area contributed by atoms with Gasteiger partial charge in [-0.3, -0.25) is 4.79 Å². The molecule has 2 aromatic rings. The van der Waals surface area contributed by atoms with Crippen molar-refractivity contribution in [1.29, 1.82) is 0 Å². The summed E-state index contributed by atoms with van der Waals surface area (Å²) in [4.78, 5) is 26.3. The Morgan fingerprint density at radius 2 is 2.00 bits per heavy atom. The van der Waals surface area contributed by atoms with Gasteiger partial charge in [0.2, 0.25) is 5.91 Å². The summed E-state index contributed by atoms with van der Waals surface area (Å²) in [5, 5.41) is 11.5. The van der Waals surface area contributed by atoms with Crippen molar-refractivity contribution in [3.63, 3.8) is 0 Å². The van der Waals surface area contributed by atoms with Crippen molar-refractivity contribution in [2.75, 3.05) is 5.73 Å². The minimum atomic E-state index is -1.08. The summed E-state index contributed by atoms with van der Waals surface area (Å²) in [5.41, 5.74) is 7.82. The van der Waals surface area contributed by atoms with Gasteiger partial charge in [-0.25, -0.2) is 9.78 Å². The van der Waals surface area contributed by atoms with Gasteiger partial charge in [0.05, 0.1) is 6.42 Å². The number of rotatable bonds is 5. The molecular formula is C15H15N3O3. The second kappa shape index (κ2) is 6.51. The number of benzene rings is 1. The number of nitrogens with zero attached hydrogens (tertiary/aromatic N) is 1. The molecule has 2 rings (SSSR count). The SMILES string of the molecule is Nc1cccc(CC(=O)NCc2ccc(C(=O)O)nc2)c1. The van der Waals surface area contributed by atoms with Crippen LogP contribution in [0.25, 0.3) is 0 Å². The fraction of sp³-hybridized carbons (Fsp3) is 0.133. The van der Waals surface area contributed by atoms with Gasteiger partial charge in [0.1, 0.15) is 5.69 Å². The van der Waals surface area contributed by atoms with Crippen LogP contribution in [0.5, 0.6) is 0 Å². The number of hydrogen-bond donors (Lipinski definition) is 3. The molecule has 0 saturated heterocycles. The third kappa shape index (κ3) is 4.31. The van der Waals surface area contributed by atoms with Gasteiger partial charge in [0.15, 0.2) is 0 Å². The average molecular weight is 285 g/mol. The summed E-state index contributed by atoms with van der Waals surface area (Å²) in [5.74, 6) is -1.21. The Morgan fingerprint density at radius 3 is 2.62 bits per heavy atom. The van der Waals surface area contributed by atoms with Crippen molar-refractivity contribution in [1.82, 2.24) is 10.3 Å². The number of aromatic carboxylic acids is 1. The van der Waals surface area contributed by atoms with Gasteiger partial charge in [-0.05, 0) is 29.3 Å². The van der Waals surface area contributed by atoms with E-state index in [4.69, 9.17) is 10.8 Å². The van der Waals surface area contributed by atoms with Gasteiger partial charge in [0, 0.05) is 18.4 Å². The second-order valence-electron chi connectivity index (χ2n) is 4.56. The predicted molar refractivity (Wildman–Crippen MR) is 77.6 cm³/mol. The highest BCUT2D eigenvalue weighted by Gasteiger charge is 2.06. The quantitative estimate of drug-likeness (QED) is 0.716. The molecule has 0 unspecified atom stereocenters. The second-order valence-corrected chi connectivity index (χ2v) is 4.56. The number of anilines is 1. The van der Waals surface area contributed by atoms with Crippen LogP contribution in [0.15, 0.2) is 42.6 Å². The molecule has 0 spiro atoms. The minimum Gasteiger partial charge on any atom is -0.477 e. The Hall–Kier alpha value is -2.89. The first kappa shape index (κ1) is 14.5. The van der Waals surface area contributed by atoms with E-state index in [-0.39, 0.29) is 18.0 Å². The Labute approximate surface area is 121 Å². The molecule has 1 heterocycles. The molecule has 0 fully saturated rings. The predicted octanol–water partition coefficient (Wildman–Crippen LogP) is 1.22. The van der Waals surface area contributed by atoms with E-state index >= 15 is 0 Å². The van der Waals surface area contributed by atoms with Gasteiger partial charge in [-0.2, -0.15) is 0 Å². The number of nitrogens with one attached hydrogen (secondary N) is 1. The lowest BCUT2D eigenvalue weighted by atomic mass is 10.1. The van der Waals surface area contributed by atoms with Gasteiger partial charge in [-0.15, -0.1) is 0 Å². The van der Waals surface area contributed by atoms with Crippen molar-refractivity contribution in [2.45, 2.75) is 13.0 Å². The number of carboxylic acid groups (broad SMARTS) is 1. The number of carbonyl (C=O) groups excluding carboxylic acids is 1. The van der Waals surface area contributed by atoms with Crippen LogP contribution in [-0.4, -0.2) is 22.0 Å². The number of carbonyl (C=O) groups is 2. The van der Waals surface area contributed by atoms with E-state index in [2.05, 4.69) is 10.3 Å². The first-order chi connectivity index (χ1) is 10.0. The van der Waals surface area contributed by atoms with Crippen LogP contribution in [0.1, 0.15) is 21.6 Å². The van der Waals surface area contributed by atoms with Crippen molar-refractivity contribution >= 4 is 17.6 Å². The highest BCUT2D eigenvalue weighted by Crippen LogP contribution is 2.07. The molecule has 0 atom stereocenters. The fourth-order valence-electron chi connectivity index (χ4n) is 1.81. The molecule has 4 N–H and O–H groups in total. The fourth-order valence-corrected chi connectivity index (χ4v) is 1.81. The van der Waals surface area contributed by atoms with E-state index in [1.165, 1.54) is 12.3 Å². The largest absolute Gasteiger partial charge is 0.477 e. The lowest BCUT2D eigenvalue weighted by Crippen LogP contribution is -2.24. The Morgan fingerprint density at radius 1 is 1.19 bits per heavy atom. The van der Waals surface area contributed by atoms with Crippen molar-refractivity contribution in [3.8, 4) is 0 Å². The highest BCUT2D eigenvalue weighted by molar-refractivity contribution is 5.85. The molecule has 0 aliphatic carbocycles. The number of nitrogens with two attached hydrogens (primary N) is 1. The standard InChI is InChI=1S/C15H15N3O3/c16-12-3-1-2-10(6-12)7-14(19)18-9-11-4-5-13(15(20)21)17-8-11/h1-6,8H,7,9,16H2,(H,18,19)(H,20,21). The van der Waals surface area contributed by atoms with Gasteiger partial charge < -0.3 is 16.2 Å². The number of nitrogen functional groups attached to an aromatic ring is 1. The zero-order valence-electron chi connectivity index (χ0n) is 11.2. The monoisotopic (exact) mass is 285 g/mol. The van der Waals surface area contributed by atoms with Crippen LogP contribution in [0.4, 0.5) is 5.69 Å².